The fourth-order valence-corrected chi connectivity index (χ4v) is 3.27. The van der Waals surface area contributed by atoms with Crippen molar-refractivity contribution < 1.29 is 4.79 Å². The van der Waals surface area contributed by atoms with Crippen molar-refractivity contribution in [3.8, 4) is 5.69 Å². The molecular formula is C23H28N4O. The number of amides is 1. The number of aromatic nitrogens is 3. The van der Waals surface area contributed by atoms with Crippen LogP contribution in [-0.4, -0.2) is 38.7 Å². The number of rotatable bonds is 9. The normalized spacial score (nSPS) is 10.8. The van der Waals surface area contributed by atoms with Gasteiger partial charge in [-0.05, 0) is 37.0 Å². The lowest BCUT2D eigenvalue weighted by atomic mass is 10.1. The quantitative estimate of drug-likeness (QED) is 0.559. The molecule has 0 saturated carbocycles. The molecule has 1 amide bonds. The molecule has 0 atom stereocenters. The first-order valence-electron chi connectivity index (χ1n) is 10.1. The maximum atomic E-state index is 13.0. The Kier molecular flexibility index (Phi) is 6.95. The molecule has 1 aromatic heterocycles. The lowest BCUT2D eigenvalue weighted by molar-refractivity contribution is 0.0743. The van der Waals surface area contributed by atoms with E-state index in [1.165, 1.54) is 5.56 Å². The smallest absolute Gasteiger partial charge is 0.293 e. The minimum Gasteiger partial charge on any atom is -0.336 e. The number of para-hydroxylation sites is 1. The van der Waals surface area contributed by atoms with Crippen molar-refractivity contribution in [2.75, 3.05) is 13.1 Å². The molecule has 0 radical (unpaired) electrons. The van der Waals surface area contributed by atoms with Crippen molar-refractivity contribution in [1.29, 1.82) is 0 Å². The van der Waals surface area contributed by atoms with Crippen LogP contribution in [0.5, 0.6) is 0 Å². The predicted molar refractivity (Wildman–Crippen MR) is 112 cm³/mol. The Morgan fingerprint density at radius 3 is 2.11 bits per heavy atom. The van der Waals surface area contributed by atoms with Gasteiger partial charge in [0.15, 0.2) is 0 Å². The SMILES string of the molecule is CCCN(CCC)C(=O)c1nc(CCc2ccccc2)n(-c2ccccc2)n1. The van der Waals surface area contributed by atoms with Gasteiger partial charge in [0.2, 0.25) is 5.82 Å². The highest BCUT2D eigenvalue weighted by molar-refractivity contribution is 5.90. The molecule has 0 fully saturated rings. The highest BCUT2D eigenvalue weighted by Crippen LogP contribution is 2.14. The standard InChI is InChI=1S/C23H28N4O/c1-3-17-26(18-4-2)23(28)22-24-21(16-15-19-11-7-5-8-12-19)27(25-22)20-13-9-6-10-14-20/h5-14H,3-4,15-18H2,1-2H3. The number of carbonyl (C=O) groups is 1. The highest BCUT2D eigenvalue weighted by Gasteiger charge is 2.22. The molecule has 0 aliphatic carbocycles. The molecule has 5 nitrogen and oxygen atoms in total. The van der Waals surface area contributed by atoms with Crippen LogP contribution in [0.25, 0.3) is 5.69 Å². The minimum atomic E-state index is -0.0839. The van der Waals surface area contributed by atoms with Crippen LogP contribution in [-0.2, 0) is 12.8 Å². The zero-order chi connectivity index (χ0) is 19.8. The van der Waals surface area contributed by atoms with Gasteiger partial charge in [-0.15, -0.1) is 5.10 Å². The van der Waals surface area contributed by atoms with Crippen LogP contribution < -0.4 is 0 Å². The second-order valence-corrected chi connectivity index (χ2v) is 6.88. The van der Waals surface area contributed by atoms with Gasteiger partial charge in [0, 0.05) is 19.5 Å². The number of hydrogen-bond donors (Lipinski definition) is 0. The maximum absolute atomic E-state index is 13.0. The van der Waals surface area contributed by atoms with E-state index < -0.39 is 0 Å². The molecule has 0 aliphatic rings. The largest absolute Gasteiger partial charge is 0.336 e. The van der Waals surface area contributed by atoms with Crippen LogP contribution in [0.4, 0.5) is 0 Å². The highest BCUT2D eigenvalue weighted by atomic mass is 16.2. The van der Waals surface area contributed by atoms with Crippen LogP contribution in [0, 0.1) is 0 Å². The molecule has 0 bridgehead atoms. The van der Waals surface area contributed by atoms with Gasteiger partial charge in [0.25, 0.3) is 5.91 Å². The second kappa shape index (κ2) is 9.83. The van der Waals surface area contributed by atoms with Crippen molar-refractivity contribution >= 4 is 5.91 Å². The van der Waals surface area contributed by atoms with Gasteiger partial charge >= 0.3 is 0 Å². The summed E-state index contributed by atoms with van der Waals surface area (Å²) in [6.45, 7) is 5.62. The average Bonchev–Trinajstić information content (AvgIpc) is 3.17. The number of benzene rings is 2. The molecule has 0 spiro atoms. The summed E-state index contributed by atoms with van der Waals surface area (Å²) in [5, 5.41) is 4.59. The van der Waals surface area contributed by atoms with Crippen molar-refractivity contribution in [2.45, 2.75) is 39.5 Å². The fourth-order valence-electron chi connectivity index (χ4n) is 3.27. The zero-order valence-electron chi connectivity index (χ0n) is 16.7. The summed E-state index contributed by atoms with van der Waals surface area (Å²) >= 11 is 0. The van der Waals surface area contributed by atoms with E-state index in [4.69, 9.17) is 0 Å². The lowest BCUT2D eigenvalue weighted by Gasteiger charge is -2.19. The summed E-state index contributed by atoms with van der Waals surface area (Å²) in [7, 11) is 0. The van der Waals surface area contributed by atoms with Gasteiger partial charge in [-0.25, -0.2) is 9.67 Å². The van der Waals surface area contributed by atoms with E-state index in [0.29, 0.717) is 0 Å². The van der Waals surface area contributed by atoms with Gasteiger partial charge in [0.1, 0.15) is 5.82 Å². The Labute approximate surface area is 167 Å². The molecule has 5 heteroatoms. The molecule has 0 unspecified atom stereocenters. The summed E-state index contributed by atoms with van der Waals surface area (Å²) in [6.07, 6.45) is 3.42. The zero-order valence-corrected chi connectivity index (χ0v) is 16.7. The van der Waals surface area contributed by atoms with E-state index in [-0.39, 0.29) is 11.7 Å². The van der Waals surface area contributed by atoms with E-state index >= 15 is 0 Å². The first kappa shape index (κ1) is 19.8. The van der Waals surface area contributed by atoms with E-state index in [9.17, 15) is 4.79 Å². The third kappa shape index (κ3) is 4.85. The molecular weight excluding hydrogens is 348 g/mol. The van der Waals surface area contributed by atoms with Crippen LogP contribution in [0.15, 0.2) is 60.7 Å². The third-order valence-electron chi connectivity index (χ3n) is 4.62. The average molecular weight is 377 g/mol. The van der Waals surface area contributed by atoms with E-state index in [1.807, 2.05) is 58.1 Å². The molecule has 28 heavy (non-hydrogen) atoms. The van der Waals surface area contributed by atoms with E-state index in [2.05, 4.69) is 36.1 Å². The number of hydrogen-bond acceptors (Lipinski definition) is 3. The molecule has 146 valence electrons. The molecule has 3 aromatic rings. The van der Waals surface area contributed by atoms with Crippen molar-refractivity contribution in [3.63, 3.8) is 0 Å². The fraction of sp³-hybridized carbons (Fsp3) is 0.348. The predicted octanol–water partition coefficient (Wildman–Crippen LogP) is 4.31. The van der Waals surface area contributed by atoms with Crippen LogP contribution in [0.2, 0.25) is 0 Å². The van der Waals surface area contributed by atoms with Gasteiger partial charge in [-0.3, -0.25) is 4.79 Å². The van der Waals surface area contributed by atoms with Gasteiger partial charge in [-0.2, -0.15) is 0 Å². The first-order valence-corrected chi connectivity index (χ1v) is 10.1. The van der Waals surface area contributed by atoms with Gasteiger partial charge < -0.3 is 4.90 Å². The van der Waals surface area contributed by atoms with Gasteiger partial charge in [-0.1, -0.05) is 62.4 Å². The van der Waals surface area contributed by atoms with Crippen molar-refractivity contribution in [3.05, 3.63) is 77.9 Å². The van der Waals surface area contributed by atoms with Crippen LogP contribution in [0.1, 0.15) is 48.7 Å². The van der Waals surface area contributed by atoms with Crippen LogP contribution >= 0.6 is 0 Å². The molecule has 3 rings (SSSR count). The summed E-state index contributed by atoms with van der Waals surface area (Å²) in [6, 6.07) is 20.2. The Hall–Kier alpha value is -2.95. The number of nitrogens with zero attached hydrogens (tertiary/aromatic N) is 4. The topological polar surface area (TPSA) is 51.0 Å². The molecule has 1 heterocycles. The first-order chi connectivity index (χ1) is 13.7. The third-order valence-corrected chi connectivity index (χ3v) is 4.62. The molecule has 0 aliphatic heterocycles. The number of carbonyl (C=O) groups excluding carboxylic acids is 1. The Bertz CT molecular complexity index is 868. The summed E-state index contributed by atoms with van der Waals surface area (Å²) in [4.78, 5) is 19.5. The second-order valence-electron chi connectivity index (χ2n) is 6.88. The maximum Gasteiger partial charge on any atom is 0.293 e. The lowest BCUT2D eigenvalue weighted by Crippen LogP contribution is -2.33. The van der Waals surface area contributed by atoms with Crippen molar-refractivity contribution in [2.24, 2.45) is 0 Å². The van der Waals surface area contributed by atoms with Crippen molar-refractivity contribution in [1.82, 2.24) is 19.7 Å². The minimum absolute atomic E-state index is 0.0839. The number of aryl methyl sites for hydroxylation is 2. The summed E-state index contributed by atoms with van der Waals surface area (Å²) < 4.78 is 1.81. The van der Waals surface area contributed by atoms with Crippen LogP contribution in [0.3, 0.4) is 0 Å². The molecule has 2 aromatic carbocycles. The molecule has 0 saturated heterocycles. The monoisotopic (exact) mass is 376 g/mol. The Balaban J connectivity index is 1.89. The Morgan fingerprint density at radius 1 is 0.893 bits per heavy atom. The van der Waals surface area contributed by atoms with E-state index in [0.717, 1.165) is 50.3 Å². The van der Waals surface area contributed by atoms with E-state index in [1.54, 1.807) is 0 Å². The summed E-state index contributed by atoms with van der Waals surface area (Å²) in [5.74, 6) is 1.01. The van der Waals surface area contributed by atoms with Gasteiger partial charge in [0.05, 0.1) is 5.69 Å². The summed E-state index contributed by atoms with van der Waals surface area (Å²) in [5.41, 5.74) is 2.17. The Morgan fingerprint density at radius 2 is 1.50 bits per heavy atom. The molecule has 0 N–H and O–H groups in total.